The largest absolute Gasteiger partial charge is 0.350 e. The summed E-state index contributed by atoms with van der Waals surface area (Å²) < 4.78 is 28.6. The SMILES string of the molecule is CC[C@H](C)NC(=O)c1ccccc1NC(=O)c1ccc(Cl)c(S(=O)(=O)Nc2ccc(C)c(C)c2)c1. The summed E-state index contributed by atoms with van der Waals surface area (Å²) in [5.74, 6) is -0.889. The normalized spacial score (nSPS) is 12.0. The molecule has 0 unspecified atom stereocenters. The number of carbonyl (C=O) groups excluding carboxylic acids is 2. The van der Waals surface area contributed by atoms with Crippen LogP contribution in [0.1, 0.15) is 52.1 Å². The molecule has 7 nitrogen and oxygen atoms in total. The van der Waals surface area contributed by atoms with Crippen LogP contribution in [0.5, 0.6) is 0 Å². The average Bonchev–Trinajstić information content (AvgIpc) is 2.81. The summed E-state index contributed by atoms with van der Waals surface area (Å²) in [5, 5.41) is 5.55. The fourth-order valence-electron chi connectivity index (χ4n) is 3.25. The van der Waals surface area contributed by atoms with Gasteiger partial charge in [-0.2, -0.15) is 0 Å². The smallest absolute Gasteiger partial charge is 0.263 e. The molecular formula is C26H28ClN3O4S. The van der Waals surface area contributed by atoms with Crippen LogP contribution in [-0.4, -0.2) is 26.3 Å². The van der Waals surface area contributed by atoms with E-state index >= 15 is 0 Å². The molecule has 0 aliphatic rings. The zero-order valence-electron chi connectivity index (χ0n) is 20.0. The van der Waals surface area contributed by atoms with E-state index in [0.29, 0.717) is 16.9 Å². The molecule has 3 aromatic rings. The standard InChI is InChI=1S/C26H28ClN3O4S/c1-5-18(4)28-26(32)21-8-6-7-9-23(21)29-25(31)19-11-13-22(27)24(15-19)35(33,34)30-20-12-10-16(2)17(3)14-20/h6-15,18,30H,5H2,1-4H3,(H,28,32)(H,29,31)/t18-/m0/s1. The van der Waals surface area contributed by atoms with Gasteiger partial charge in [0.05, 0.1) is 16.3 Å². The minimum Gasteiger partial charge on any atom is -0.350 e. The van der Waals surface area contributed by atoms with Gasteiger partial charge in [0.15, 0.2) is 0 Å². The number of halogens is 1. The molecule has 184 valence electrons. The van der Waals surface area contributed by atoms with Crippen molar-refractivity contribution in [3.63, 3.8) is 0 Å². The lowest BCUT2D eigenvalue weighted by molar-refractivity contribution is 0.0940. The maximum Gasteiger partial charge on any atom is 0.263 e. The quantitative estimate of drug-likeness (QED) is 0.368. The molecule has 3 N–H and O–H groups in total. The summed E-state index contributed by atoms with van der Waals surface area (Å²) in [6.07, 6.45) is 0.762. The fourth-order valence-corrected chi connectivity index (χ4v) is 4.83. The van der Waals surface area contributed by atoms with Crippen molar-refractivity contribution in [2.45, 2.75) is 45.1 Å². The molecule has 3 aromatic carbocycles. The van der Waals surface area contributed by atoms with E-state index in [1.54, 1.807) is 36.4 Å². The highest BCUT2D eigenvalue weighted by molar-refractivity contribution is 7.92. The zero-order chi connectivity index (χ0) is 25.8. The molecular weight excluding hydrogens is 486 g/mol. The molecule has 0 aliphatic heterocycles. The van der Waals surface area contributed by atoms with Crippen molar-refractivity contribution in [1.82, 2.24) is 5.32 Å². The Morgan fingerprint density at radius 1 is 0.943 bits per heavy atom. The summed E-state index contributed by atoms with van der Waals surface area (Å²) in [7, 11) is -4.07. The lowest BCUT2D eigenvalue weighted by atomic mass is 10.1. The first-order valence-electron chi connectivity index (χ1n) is 11.1. The highest BCUT2D eigenvalue weighted by Crippen LogP contribution is 2.27. The van der Waals surface area contributed by atoms with Gasteiger partial charge < -0.3 is 10.6 Å². The highest BCUT2D eigenvalue weighted by atomic mass is 35.5. The van der Waals surface area contributed by atoms with E-state index in [-0.39, 0.29) is 27.4 Å². The zero-order valence-corrected chi connectivity index (χ0v) is 21.5. The van der Waals surface area contributed by atoms with Crippen LogP contribution in [0.2, 0.25) is 5.02 Å². The minimum absolute atomic E-state index is 0.0220. The van der Waals surface area contributed by atoms with Crippen molar-refractivity contribution in [3.05, 3.63) is 87.9 Å². The van der Waals surface area contributed by atoms with E-state index < -0.39 is 15.9 Å². The maximum absolute atomic E-state index is 13.0. The number of amides is 2. The van der Waals surface area contributed by atoms with Crippen molar-refractivity contribution in [3.8, 4) is 0 Å². The average molecular weight is 514 g/mol. The first-order valence-corrected chi connectivity index (χ1v) is 13.0. The van der Waals surface area contributed by atoms with Crippen molar-refractivity contribution in [2.24, 2.45) is 0 Å². The molecule has 35 heavy (non-hydrogen) atoms. The molecule has 0 saturated heterocycles. The minimum atomic E-state index is -4.07. The van der Waals surface area contributed by atoms with Crippen LogP contribution in [0, 0.1) is 13.8 Å². The first kappa shape index (κ1) is 26.2. The number of anilines is 2. The molecule has 0 saturated carbocycles. The predicted molar refractivity (Wildman–Crippen MR) is 140 cm³/mol. The molecule has 9 heteroatoms. The van der Waals surface area contributed by atoms with Gasteiger partial charge in [0.2, 0.25) is 0 Å². The molecule has 0 spiro atoms. The lowest BCUT2D eigenvalue weighted by Gasteiger charge is -2.15. The maximum atomic E-state index is 13.0. The Bertz CT molecular complexity index is 1370. The number of aryl methyl sites for hydroxylation is 2. The Labute approximate surface area is 211 Å². The summed E-state index contributed by atoms with van der Waals surface area (Å²) in [5.41, 5.74) is 3.04. The van der Waals surface area contributed by atoms with Gasteiger partial charge in [0.25, 0.3) is 21.8 Å². The third-order valence-electron chi connectivity index (χ3n) is 5.65. The molecule has 0 fully saturated rings. The van der Waals surface area contributed by atoms with E-state index in [0.717, 1.165) is 17.5 Å². The number of nitrogens with one attached hydrogen (secondary N) is 3. The molecule has 0 aromatic heterocycles. The molecule has 3 rings (SSSR count). The Morgan fingerprint density at radius 2 is 1.66 bits per heavy atom. The number of rotatable bonds is 8. The number of benzene rings is 3. The second-order valence-electron chi connectivity index (χ2n) is 8.33. The molecule has 0 radical (unpaired) electrons. The van der Waals surface area contributed by atoms with E-state index in [9.17, 15) is 18.0 Å². The number of para-hydroxylation sites is 1. The van der Waals surface area contributed by atoms with Gasteiger partial charge in [-0.15, -0.1) is 0 Å². The van der Waals surface area contributed by atoms with Crippen LogP contribution >= 0.6 is 11.6 Å². The van der Waals surface area contributed by atoms with Crippen LogP contribution in [0.3, 0.4) is 0 Å². The van der Waals surface area contributed by atoms with Crippen molar-refractivity contribution < 1.29 is 18.0 Å². The molecule has 1 atom stereocenters. The van der Waals surface area contributed by atoms with Gasteiger partial charge in [-0.05, 0) is 80.8 Å². The van der Waals surface area contributed by atoms with Crippen molar-refractivity contribution in [2.75, 3.05) is 10.0 Å². The fraction of sp³-hybridized carbons (Fsp3) is 0.231. The van der Waals surface area contributed by atoms with E-state index in [1.807, 2.05) is 33.8 Å². The van der Waals surface area contributed by atoms with Gasteiger partial charge in [0.1, 0.15) is 4.90 Å². The third-order valence-corrected chi connectivity index (χ3v) is 7.51. The lowest BCUT2D eigenvalue weighted by Crippen LogP contribution is -2.32. The van der Waals surface area contributed by atoms with Gasteiger partial charge in [0, 0.05) is 17.3 Å². The molecule has 0 heterocycles. The van der Waals surface area contributed by atoms with Gasteiger partial charge in [-0.25, -0.2) is 8.42 Å². The van der Waals surface area contributed by atoms with E-state index in [1.165, 1.54) is 18.2 Å². The number of hydrogen-bond donors (Lipinski definition) is 3. The Morgan fingerprint density at radius 3 is 2.34 bits per heavy atom. The van der Waals surface area contributed by atoms with Crippen molar-refractivity contribution >= 4 is 44.8 Å². The first-order chi connectivity index (χ1) is 16.5. The monoisotopic (exact) mass is 513 g/mol. The van der Waals surface area contributed by atoms with Crippen LogP contribution in [0.25, 0.3) is 0 Å². The van der Waals surface area contributed by atoms with Gasteiger partial charge >= 0.3 is 0 Å². The van der Waals surface area contributed by atoms with Crippen LogP contribution < -0.4 is 15.4 Å². The summed E-state index contributed by atoms with van der Waals surface area (Å²) in [6.45, 7) is 7.66. The van der Waals surface area contributed by atoms with E-state index in [2.05, 4.69) is 15.4 Å². The van der Waals surface area contributed by atoms with Crippen molar-refractivity contribution in [1.29, 1.82) is 0 Å². The molecule has 0 aliphatic carbocycles. The summed E-state index contributed by atoms with van der Waals surface area (Å²) in [6, 6.07) is 15.8. The second-order valence-corrected chi connectivity index (χ2v) is 10.4. The summed E-state index contributed by atoms with van der Waals surface area (Å²) in [4.78, 5) is 25.4. The Balaban J connectivity index is 1.87. The topological polar surface area (TPSA) is 104 Å². The van der Waals surface area contributed by atoms with Gasteiger partial charge in [-0.1, -0.05) is 36.7 Å². The third kappa shape index (κ3) is 6.41. The predicted octanol–water partition coefficient (Wildman–Crippen LogP) is 5.54. The molecule has 2 amide bonds. The highest BCUT2D eigenvalue weighted by Gasteiger charge is 2.22. The van der Waals surface area contributed by atoms with Crippen LogP contribution in [-0.2, 0) is 10.0 Å². The summed E-state index contributed by atoms with van der Waals surface area (Å²) >= 11 is 6.19. The van der Waals surface area contributed by atoms with E-state index in [4.69, 9.17) is 11.6 Å². The van der Waals surface area contributed by atoms with Gasteiger partial charge in [-0.3, -0.25) is 14.3 Å². The molecule has 0 bridgehead atoms. The number of sulfonamides is 1. The van der Waals surface area contributed by atoms with Crippen LogP contribution in [0.15, 0.2) is 65.6 Å². The van der Waals surface area contributed by atoms with Crippen LogP contribution in [0.4, 0.5) is 11.4 Å². The number of carbonyl (C=O) groups is 2. The Hall–Kier alpha value is -3.36. The number of hydrogen-bond acceptors (Lipinski definition) is 4. The Kier molecular flexibility index (Phi) is 8.19. The second kappa shape index (κ2) is 10.9.